The van der Waals surface area contributed by atoms with E-state index in [2.05, 4.69) is 6.92 Å². The minimum atomic E-state index is -2.74. The SMILES string of the molecule is CCCCCCCCCCCCC[CH2][Ge](=[O])[OH]. The molecule has 0 unspecified atom stereocenters. The van der Waals surface area contributed by atoms with Gasteiger partial charge in [0.05, 0.1) is 0 Å². The quantitative estimate of drug-likeness (QED) is 0.399. The summed E-state index contributed by atoms with van der Waals surface area (Å²) in [7, 11) is 0. The van der Waals surface area contributed by atoms with Crippen LogP contribution in [0.25, 0.3) is 0 Å². The van der Waals surface area contributed by atoms with Crippen molar-refractivity contribution in [1.29, 1.82) is 0 Å². The molecule has 0 aliphatic carbocycles. The summed E-state index contributed by atoms with van der Waals surface area (Å²) in [6.45, 7) is 2.26. The molecule has 0 rings (SSSR count). The molecule has 0 amide bonds. The molecule has 0 fully saturated rings. The van der Waals surface area contributed by atoms with Crippen LogP contribution in [0.2, 0.25) is 5.25 Å². The molecular formula is C14H30GeO2. The van der Waals surface area contributed by atoms with E-state index in [0.29, 0.717) is 5.25 Å². The van der Waals surface area contributed by atoms with Gasteiger partial charge in [-0.2, -0.15) is 0 Å². The zero-order valence-electron chi connectivity index (χ0n) is 11.5. The normalized spacial score (nSPS) is 10.6. The average Bonchev–Trinajstić information content (AvgIpc) is 2.30. The molecule has 0 aliphatic rings. The van der Waals surface area contributed by atoms with E-state index >= 15 is 0 Å². The van der Waals surface area contributed by atoms with Crippen LogP contribution in [0.4, 0.5) is 0 Å². The molecule has 0 aromatic rings. The van der Waals surface area contributed by atoms with E-state index in [9.17, 15) is 3.78 Å². The van der Waals surface area contributed by atoms with Gasteiger partial charge in [-0.3, -0.25) is 0 Å². The standard InChI is InChI=1S/C14H30GeO2/c1-2-3-4-5-6-7-8-9-10-11-12-13-14-15(16)17/h16H,2-14H2,1H3. The number of unbranched alkanes of at least 4 members (excludes halogenated alkanes) is 11. The first-order valence-corrected chi connectivity index (χ1v) is 10.8. The van der Waals surface area contributed by atoms with E-state index in [1.54, 1.807) is 0 Å². The Morgan fingerprint density at radius 2 is 1.06 bits per heavy atom. The number of hydrogen-bond acceptors (Lipinski definition) is 1. The molecule has 17 heavy (non-hydrogen) atoms. The van der Waals surface area contributed by atoms with Gasteiger partial charge >= 0.3 is 98.4 Å². The van der Waals surface area contributed by atoms with E-state index < -0.39 is 14.6 Å². The van der Waals surface area contributed by atoms with Gasteiger partial charge in [-0.25, -0.2) is 0 Å². The van der Waals surface area contributed by atoms with E-state index in [1.165, 1.54) is 64.2 Å². The van der Waals surface area contributed by atoms with Crippen LogP contribution in [0.3, 0.4) is 0 Å². The average molecular weight is 303 g/mol. The molecule has 0 saturated heterocycles. The van der Waals surface area contributed by atoms with Crippen molar-refractivity contribution in [3.8, 4) is 0 Å². The van der Waals surface area contributed by atoms with Crippen molar-refractivity contribution < 1.29 is 7.91 Å². The minimum absolute atomic E-state index is 0.595. The molecule has 0 aromatic carbocycles. The summed E-state index contributed by atoms with van der Waals surface area (Å²) in [6, 6.07) is 0. The van der Waals surface area contributed by atoms with E-state index in [4.69, 9.17) is 4.13 Å². The molecule has 0 heterocycles. The third-order valence-electron chi connectivity index (χ3n) is 3.24. The zero-order valence-corrected chi connectivity index (χ0v) is 13.6. The van der Waals surface area contributed by atoms with Crippen molar-refractivity contribution >= 4 is 14.6 Å². The predicted octanol–water partition coefficient (Wildman–Crippen LogP) is 4.60. The second-order valence-electron chi connectivity index (χ2n) is 5.03. The van der Waals surface area contributed by atoms with Gasteiger partial charge in [0, 0.05) is 0 Å². The third kappa shape index (κ3) is 16.1. The first-order valence-electron chi connectivity index (χ1n) is 7.49. The Balaban J connectivity index is 2.91. The van der Waals surface area contributed by atoms with Crippen LogP contribution < -0.4 is 0 Å². The van der Waals surface area contributed by atoms with Crippen molar-refractivity contribution in [2.45, 2.75) is 89.2 Å². The molecule has 0 bridgehead atoms. The van der Waals surface area contributed by atoms with Crippen LogP contribution in [0, 0.1) is 0 Å². The van der Waals surface area contributed by atoms with Gasteiger partial charge < -0.3 is 0 Å². The fraction of sp³-hybridized carbons (Fsp3) is 1.00. The van der Waals surface area contributed by atoms with E-state index in [0.717, 1.165) is 12.8 Å². The van der Waals surface area contributed by atoms with Gasteiger partial charge in [0.2, 0.25) is 0 Å². The summed E-state index contributed by atoms with van der Waals surface area (Å²) in [5.41, 5.74) is 0. The molecule has 0 aliphatic heterocycles. The van der Waals surface area contributed by atoms with Gasteiger partial charge in [0.15, 0.2) is 0 Å². The first-order chi connectivity index (χ1) is 8.27. The van der Waals surface area contributed by atoms with Crippen molar-refractivity contribution in [3.05, 3.63) is 0 Å². The van der Waals surface area contributed by atoms with Crippen LogP contribution in [0.5, 0.6) is 0 Å². The Labute approximate surface area is 112 Å². The molecule has 3 heteroatoms. The van der Waals surface area contributed by atoms with Gasteiger partial charge in [-0.1, -0.05) is 13.3 Å². The fourth-order valence-electron chi connectivity index (χ4n) is 2.12. The summed E-state index contributed by atoms with van der Waals surface area (Å²) < 4.78 is 19.3. The molecular weight excluding hydrogens is 273 g/mol. The van der Waals surface area contributed by atoms with E-state index in [-0.39, 0.29) is 0 Å². The molecule has 0 spiro atoms. The molecule has 0 radical (unpaired) electrons. The molecule has 0 aromatic heterocycles. The second-order valence-corrected chi connectivity index (χ2v) is 7.73. The Kier molecular flexibility index (Phi) is 14.3. The second kappa shape index (κ2) is 14.2. The fourth-order valence-corrected chi connectivity index (χ4v) is 3.28. The number of hydrogen-bond donors (Lipinski definition) is 1. The Morgan fingerprint density at radius 3 is 1.41 bits per heavy atom. The summed E-state index contributed by atoms with van der Waals surface area (Å²) in [5.74, 6) is 0. The monoisotopic (exact) mass is 304 g/mol. The Bertz CT molecular complexity index is 172. The van der Waals surface area contributed by atoms with Crippen LogP contribution in [0.15, 0.2) is 0 Å². The molecule has 0 saturated carbocycles. The first kappa shape index (κ1) is 17.1. The third-order valence-corrected chi connectivity index (χ3v) is 4.88. The predicted molar refractivity (Wildman–Crippen MR) is 74.5 cm³/mol. The van der Waals surface area contributed by atoms with Crippen molar-refractivity contribution in [2.24, 2.45) is 0 Å². The number of rotatable bonds is 13. The van der Waals surface area contributed by atoms with Crippen molar-refractivity contribution in [3.63, 3.8) is 0 Å². The Morgan fingerprint density at radius 1 is 0.706 bits per heavy atom. The van der Waals surface area contributed by atoms with Crippen LogP contribution in [0.1, 0.15) is 84.0 Å². The zero-order chi connectivity index (χ0) is 12.8. The molecule has 2 nitrogen and oxygen atoms in total. The van der Waals surface area contributed by atoms with Crippen molar-refractivity contribution in [2.75, 3.05) is 0 Å². The summed E-state index contributed by atoms with van der Waals surface area (Å²) in [6.07, 6.45) is 15.8. The van der Waals surface area contributed by atoms with Crippen molar-refractivity contribution in [1.82, 2.24) is 0 Å². The van der Waals surface area contributed by atoms with Gasteiger partial charge in [0.25, 0.3) is 0 Å². The van der Waals surface area contributed by atoms with Crippen LogP contribution in [-0.2, 0) is 3.78 Å². The summed E-state index contributed by atoms with van der Waals surface area (Å²) in [4.78, 5) is 0. The maximum absolute atomic E-state index is 10.5. The maximum atomic E-state index is 10.5. The molecule has 0 atom stereocenters. The molecule has 102 valence electrons. The van der Waals surface area contributed by atoms with Gasteiger partial charge in [0.1, 0.15) is 0 Å². The van der Waals surface area contributed by atoms with E-state index in [1.807, 2.05) is 0 Å². The van der Waals surface area contributed by atoms with Crippen LogP contribution >= 0.6 is 0 Å². The molecule has 1 N–H and O–H groups in total. The van der Waals surface area contributed by atoms with Crippen LogP contribution in [-0.4, -0.2) is 18.8 Å². The Hall–Kier alpha value is 0.143. The van der Waals surface area contributed by atoms with Gasteiger partial charge in [-0.05, 0) is 0 Å². The van der Waals surface area contributed by atoms with Gasteiger partial charge in [-0.15, -0.1) is 0 Å². The summed E-state index contributed by atoms with van der Waals surface area (Å²) in [5, 5.41) is 0.595. The summed E-state index contributed by atoms with van der Waals surface area (Å²) >= 11 is -2.74. The topological polar surface area (TPSA) is 37.3 Å².